The molecule has 0 aliphatic carbocycles. The highest BCUT2D eigenvalue weighted by Gasteiger charge is 2.12. The van der Waals surface area contributed by atoms with Gasteiger partial charge in [-0.05, 0) is 35.9 Å². The van der Waals surface area contributed by atoms with Crippen molar-refractivity contribution in [3.8, 4) is 11.5 Å². The fourth-order valence-electron chi connectivity index (χ4n) is 2.61. The Morgan fingerprint density at radius 3 is 2.58 bits per heavy atom. The lowest BCUT2D eigenvalue weighted by Gasteiger charge is -2.11. The van der Waals surface area contributed by atoms with Gasteiger partial charge >= 0.3 is 5.63 Å². The molecule has 7 heteroatoms. The van der Waals surface area contributed by atoms with E-state index in [0.717, 1.165) is 6.07 Å². The van der Waals surface area contributed by atoms with Crippen molar-refractivity contribution in [2.45, 2.75) is 6.54 Å². The number of carbonyl (C=O) groups excluding carboxylic acids is 1. The van der Waals surface area contributed by atoms with Crippen LogP contribution in [-0.2, 0) is 6.54 Å². The second kappa shape index (κ2) is 7.26. The van der Waals surface area contributed by atoms with E-state index in [9.17, 15) is 14.0 Å². The molecule has 3 aromatic rings. The number of nitrogens with one attached hydrogen (secondary N) is 1. The Balaban J connectivity index is 1.84. The van der Waals surface area contributed by atoms with Crippen molar-refractivity contribution in [3.63, 3.8) is 0 Å². The molecular weight excluding hydrogens is 341 g/mol. The van der Waals surface area contributed by atoms with Gasteiger partial charge in [0.1, 0.15) is 11.4 Å². The highest BCUT2D eigenvalue weighted by molar-refractivity contribution is 5.95. The standard InChI is InChI=1S/C19H16FNO5/c1-24-15-6-3-11(7-17(15)25-2)19(23)21-10-12-8-18(22)26-16-9-13(20)4-5-14(12)16/h3-9H,10H2,1-2H3,(H,21,23). The third kappa shape index (κ3) is 3.51. The van der Waals surface area contributed by atoms with Crippen LogP contribution in [0.4, 0.5) is 4.39 Å². The average Bonchev–Trinajstić information content (AvgIpc) is 2.64. The summed E-state index contributed by atoms with van der Waals surface area (Å²) in [7, 11) is 2.99. The van der Waals surface area contributed by atoms with Crippen LogP contribution in [0.3, 0.4) is 0 Å². The predicted octanol–water partition coefficient (Wildman–Crippen LogP) is 2.88. The van der Waals surface area contributed by atoms with Gasteiger partial charge in [0.05, 0.1) is 14.2 Å². The van der Waals surface area contributed by atoms with Crippen molar-refractivity contribution in [2.24, 2.45) is 0 Å². The van der Waals surface area contributed by atoms with Crippen LogP contribution in [0.25, 0.3) is 11.0 Å². The fourth-order valence-corrected chi connectivity index (χ4v) is 2.61. The molecule has 1 amide bonds. The van der Waals surface area contributed by atoms with Crippen molar-refractivity contribution in [1.29, 1.82) is 0 Å². The van der Waals surface area contributed by atoms with Gasteiger partial charge in [-0.15, -0.1) is 0 Å². The molecule has 0 atom stereocenters. The summed E-state index contributed by atoms with van der Waals surface area (Å²) in [4.78, 5) is 24.0. The number of methoxy groups -OCH3 is 2. The SMILES string of the molecule is COc1ccc(C(=O)NCc2cc(=O)oc3cc(F)ccc23)cc1OC. The number of halogens is 1. The van der Waals surface area contributed by atoms with Gasteiger partial charge in [0.2, 0.25) is 0 Å². The minimum atomic E-state index is -0.613. The van der Waals surface area contributed by atoms with Crippen LogP contribution in [-0.4, -0.2) is 20.1 Å². The molecule has 6 nitrogen and oxygen atoms in total. The first-order chi connectivity index (χ1) is 12.5. The summed E-state index contributed by atoms with van der Waals surface area (Å²) in [5.41, 5.74) is 0.428. The quantitative estimate of drug-likeness (QED) is 0.711. The summed E-state index contributed by atoms with van der Waals surface area (Å²) in [6, 6.07) is 9.96. The topological polar surface area (TPSA) is 77.8 Å². The maximum absolute atomic E-state index is 13.3. The van der Waals surface area contributed by atoms with E-state index in [4.69, 9.17) is 13.9 Å². The number of benzene rings is 2. The van der Waals surface area contributed by atoms with Crippen molar-refractivity contribution in [2.75, 3.05) is 14.2 Å². The molecule has 0 spiro atoms. The van der Waals surface area contributed by atoms with E-state index in [1.807, 2.05) is 0 Å². The molecule has 0 aliphatic rings. The zero-order chi connectivity index (χ0) is 18.7. The highest BCUT2D eigenvalue weighted by atomic mass is 19.1. The molecule has 0 saturated carbocycles. The van der Waals surface area contributed by atoms with E-state index in [0.29, 0.717) is 28.0 Å². The van der Waals surface area contributed by atoms with Crippen LogP contribution in [0.2, 0.25) is 0 Å². The van der Waals surface area contributed by atoms with Gasteiger partial charge in [-0.3, -0.25) is 4.79 Å². The fraction of sp³-hybridized carbons (Fsp3) is 0.158. The van der Waals surface area contributed by atoms with Gasteiger partial charge < -0.3 is 19.2 Å². The van der Waals surface area contributed by atoms with Crippen molar-refractivity contribution in [3.05, 3.63) is 69.8 Å². The Morgan fingerprint density at radius 1 is 1.08 bits per heavy atom. The van der Waals surface area contributed by atoms with Crippen LogP contribution in [0.15, 0.2) is 51.7 Å². The van der Waals surface area contributed by atoms with E-state index in [-0.39, 0.29) is 18.0 Å². The first-order valence-corrected chi connectivity index (χ1v) is 7.74. The third-order valence-corrected chi connectivity index (χ3v) is 3.88. The molecular formula is C19H16FNO5. The number of fused-ring (bicyclic) bond motifs is 1. The smallest absolute Gasteiger partial charge is 0.336 e. The predicted molar refractivity (Wildman–Crippen MR) is 93.2 cm³/mol. The van der Waals surface area contributed by atoms with Crippen LogP contribution in [0.5, 0.6) is 11.5 Å². The lowest BCUT2D eigenvalue weighted by Crippen LogP contribution is -2.23. The summed E-state index contributed by atoms with van der Waals surface area (Å²) in [5.74, 6) is 0.0841. The maximum Gasteiger partial charge on any atom is 0.336 e. The van der Waals surface area contributed by atoms with Gasteiger partial charge in [0.15, 0.2) is 11.5 Å². The molecule has 0 radical (unpaired) electrons. The van der Waals surface area contributed by atoms with Crippen molar-refractivity contribution < 1.29 is 23.1 Å². The number of carbonyl (C=O) groups is 1. The molecule has 0 aliphatic heterocycles. The normalized spacial score (nSPS) is 10.6. The maximum atomic E-state index is 13.3. The van der Waals surface area contributed by atoms with Crippen LogP contribution < -0.4 is 20.4 Å². The summed E-state index contributed by atoms with van der Waals surface area (Å²) < 4.78 is 28.6. The first kappa shape index (κ1) is 17.5. The summed E-state index contributed by atoms with van der Waals surface area (Å²) in [5, 5.41) is 3.28. The van der Waals surface area contributed by atoms with E-state index in [1.165, 1.54) is 32.4 Å². The molecule has 1 heterocycles. The number of rotatable bonds is 5. The Kier molecular flexibility index (Phi) is 4.88. The zero-order valence-corrected chi connectivity index (χ0v) is 14.2. The summed E-state index contributed by atoms with van der Waals surface area (Å²) in [6.07, 6.45) is 0. The molecule has 0 bridgehead atoms. The van der Waals surface area contributed by atoms with Gasteiger partial charge in [0.25, 0.3) is 5.91 Å². The molecule has 26 heavy (non-hydrogen) atoms. The Labute approximate surface area is 148 Å². The van der Waals surface area contributed by atoms with Crippen LogP contribution in [0, 0.1) is 5.82 Å². The number of hydrogen-bond acceptors (Lipinski definition) is 5. The Hall–Kier alpha value is -3.35. The minimum Gasteiger partial charge on any atom is -0.493 e. The van der Waals surface area contributed by atoms with E-state index < -0.39 is 11.4 Å². The van der Waals surface area contributed by atoms with E-state index in [2.05, 4.69) is 5.32 Å². The van der Waals surface area contributed by atoms with Crippen molar-refractivity contribution >= 4 is 16.9 Å². The molecule has 134 valence electrons. The largest absolute Gasteiger partial charge is 0.493 e. The molecule has 1 N–H and O–H groups in total. The average molecular weight is 357 g/mol. The number of hydrogen-bond donors (Lipinski definition) is 1. The molecule has 0 fully saturated rings. The Morgan fingerprint density at radius 2 is 1.85 bits per heavy atom. The van der Waals surface area contributed by atoms with Crippen molar-refractivity contribution in [1.82, 2.24) is 5.32 Å². The molecule has 1 aromatic heterocycles. The van der Waals surface area contributed by atoms with Crippen LogP contribution in [0.1, 0.15) is 15.9 Å². The lowest BCUT2D eigenvalue weighted by atomic mass is 10.1. The van der Waals surface area contributed by atoms with Gasteiger partial charge in [-0.1, -0.05) is 0 Å². The molecule has 2 aromatic carbocycles. The van der Waals surface area contributed by atoms with E-state index >= 15 is 0 Å². The monoisotopic (exact) mass is 357 g/mol. The molecule has 0 unspecified atom stereocenters. The van der Waals surface area contributed by atoms with Crippen LogP contribution >= 0.6 is 0 Å². The number of ether oxygens (including phenoxy) is 2. The highest BCUT2D eigenvalue weighted by Crippen LogP contribution is 2.27. The minimum absolute atomic E-state index is 0.0842. The molecule has 3 rings (SSSR count). The van der Waals surface area contributed by atoms with Gasteiger partial charge in [-0.25, -0.2) is 9.18 Å². The summed E-state index contributed by atoms with van der Waals surface area (Å²) in [6.45, 7) is 0.0842. The molecule has 0 saturated heterocycles. The first-order valence-electron chi connectivity index (χ1n) is 7.74. The van der Waals surface area contributed by atoms with Gasteiger partial charge in [0, 0.05) is 29.6 Å². The summed E-state index contributed by atoms with van der Waals surface area (Å²) >= 11 is 0. The lowest BCUT2D eigenvalue weighted by molar-refractivity contribution is 0.0950. The zero-order valence-electron chi connectivity index (χ0n) is 14.2. The second-order valence-corrected chi connectivity index (χ2v) is 5.48. The number of amides is 1. The van der Waals surface area contributed by atoms with Gasteiger partial charge in [-0.2, -0.15) is 0 Å². The third-order valence-electron chi connectivity index (χ3n) is 3.88. The second-order valence-electron chi connectivity index (χ2n) is 5.48. The van der Waals surface area contributed by atoms with E-state index in [1.54, 1.807) is 18.2 Å². The Bertz CT molecular complexity index is 1030.